The number of fused-ring (bicyclic) bond motifs is 3. The minimum Gasteiger partial charge on any atom is -0.364 e. The molecule has 0 unspecified atom stereocenters. The molecule has 0 amide bonds. The molecular formula is C16H20N5O+. The number of quaternary nitrogens is 1. The van der Waals surface area contributed by atoms with Crippen molar-refractivity contribution >= 4 is 16.6 Å². The molecule has 1 aromatic carbocycles. The second kappa shape index (κ2) is 5.30. The van der Waals surface area contributed by atoms with Gasteiger partial charge in [0.15, 0.2) is 11.5 Å². The minimum absolute atomic E-state index is 0.289. The molecule has 114 valence electrons. The molecule has 6 nitrogen and oxygen atoms in total. The van der Waals surface area contributed by atoms with Crippen LogP contribution in [0, 0.1) is 0 Å². The van der Waals surface area contributed by atoms with Gasteiger partial charge in [0.25, 0.3) is 0 Å². The summed E-state index contributed by atoms with van der Waals surface area (Å²) in [5, 5.41) is 9.82. The normalized spacial score (nSPS) is 25.8. The quantitative estimate of drug-likeness (QED) is 0.747. The number of hydrogen-bond donors (Lipinski definition) is 1. The number of ether oxygens (including phenoxy) is 1. The van der Waals surface area contributed by atoms with Crippen LogP contribution < -0.4 is 4.90 Å². The number of benzene rings is 1. The summed E-state index contributed by atoms with van der Waals surface area (Å²) in [4.78, 5) is 5.99. The maximum absolute atomic E-state index is 5.80. The first kappa shape index (κ1) is 13.6. The van der Waals surface area contributed by atoms with E-state index in [9.17, 15) is 0 Å². The third kappa shape index (κ3) is 2.34. The lowest BCUT2D eigenvalue weighted by Crippen LogP contribution is -3.14. The first-order chi connectivity index (χ1) is 10.7. The van der Waals surface area contributed by atoms with Gasteiger partial charge >= 0.3 is 0 Å². The van der Waals surface area contributed by atoms with E-state index < -0.39 is 0 Å². The van der Waals surface area contributed by atoms with Crippen molar-refractivity contribution in [2.45, 2.75) is 32.6 Å². The number of morpholine rings is 1. The monoisotopic (exact) mass is 298 g/mol. The number of nitrogens with one attached hydrogen (secondary N) is 1. The average molecular weight is 298 g/mol. The van der Waals surface area contributed by atoms with Gasteiger partial charge in [0.05, 0.1) is 5.52 Å². The molecule has 2 aromatic heterocycles. The van der Waals surface area contributed by atoms with E-state index in [-0.39, 0.29) is 12.2 Å². The van der Waals surface area contributed by atoms with Crippen LogP contribution in [0.15, 0.2) is 30.6 Å². The van der Waals surface area contributed by atoms with Crippen LogP contribution in [0.5, 0.6) is 0 Å². The molecule has 0 saturated carbocycles. The molecule has 1 N–H and O–H groups in total. The van der Waals surface area contributed by atoms with Crippen molar-refractivity contribution in [1.29, 1.82) is 0 Å². The van der Waals surface area contributed by atoms with Gasteiger partial charge in [-0.25, -0.2) is 4.98 Å². The van der Waals surface area contributed by atoms with Gasteiger partial charge in [-0.05, 0) is 26.0 Å². The fourth-order valence-corrected chi connectivity index (χ4v) is 3.40. The fourth-order valence-electron chi connectivity index (χ4n) is 3.40. The van der Waals surface area contributed by atoms with Crippen LogP contribution >= 0.6 is 0 Å². The average Bonchev–Trinajstić information content (AvgIpc) is 2.90. The van der Waals surface area contributed by atoms with Gasteiger partial charge in [0.1, 0.15) is 38.2 Å². The smallest absolute Gasteiger partial charge is 0.193 e. The SMILES string of the molecule is C[C@@H]1C[NH+](Cc2nnc3c4ccccc4ncn23)C[C@@H](C)O1. The Morgan fingerprint density at radius 2 is 1.95 bits per heavy atom. The summed E-state index contributed by atoms with van der Waals surface area (Å²) in [7, 11) is 0. The Bertz CT molecular complexity index is 805. The molecule has 1 aliphatic heterocycles. The second-order valence-electron chi connectivity index (χ2n) is 6.16. The number of para-hydroxylation sites is 1. The predicted octanol–water partition coefficient (Wildman–Crippen LogP) is 0.470. The first-order valence-corrected chi connectivity index (χ1v) is 7.77. The van der Waals surface area contributed by atoms with Gasteiger partial charge < -0.3 is 9.64 Å². The van der Waals surface area contributed by atoms with Gasteiger partial charge in [-0.2, -0.15) is 0 Å². The van der Waals surface area contributed by atoms with Crippen LogP contribution in [0.25, 0.3) is 16.6 Å². The third-order valence-corrected chi connectivity index (χ3v) is 4.25. The number of nitrogens with zero attached hydrogens (tertiary/aromatic N) is 4. The molecule has 0 radical (unpaired) electrons. The summed E-state index contributed by atoms with van der Waals surface area (Å²) in [5.74, 6) is 0.963. The Hall–Kier alpha value is -2.05. The standard InChI is InChI=1S/C16H19N5O/c1-11-7-20(8-12(2)22-11)9-15-18-19-16-13-5-3-4-6-14(13)17-10-21(15)16/h3-6,10-12H,7-9H2,1-2H3/p+1/t11-,12-/m1/s1. The summed E-state index contributed by atoms with van der Waals surface area (Å²) >= 11 is 0. The third-order valence-electron chi connectivity index (χ3n) is 4.25. The van der Waals surface area contributed by atoms with Crippen LogP contribution in [-0.4, -0.2) is 44.9 Å². The van der Waals surface area contributed by atoms with E-state index in [0.717, 1.165) is 42.0 Å². The summed E-state index contributed by atoms with van der Waals surface area (Å²) < 4.78 is 7.82. The van der Waals surface area contributed by atoms with Crippen molar-refractivity contribution < 1.29 is 9.64 Å². The molecule has 3 aromatic rings. The van der Waals surface area contributed by atoms with Crippen molar-refractivity contribution in [2.75, 3.05) is 13.1 Å². The van der Waals surface area contributed by atoms with E-state index >= 15 is 0 Å². The van der Waals surface area contributed by atoms with E-state index in [2.05, 4.69) is 29.0 Å². The maximum atomic E-state index is 5.80. The van der Waals surface area contributed by atoms with Gasteiger partial charge in [-0.3, -0.25) is 4.40 Å². The van der Waals surface area contributed by atoms with Gasteiger partial charge in [-0.1, -0.05) is 12.1 Å². The first-order valence-electron chi connectivity index (χ1n) is 7.77. The Morgan fingerprint density at radius 1 is 1.18 bits per heavy atom. The minimum atomic E-state index is 0.289. The highest BCUT2D eigenvalue weighted by Gasteiger charge is 2.27. The Labute approximate surface area is 128 Å². The Kier molecular flexibility index (Phi) is 3.28. The number of hydrogen-bond acceptors (Lipinski definition) is 4. The van der Waals surface area contributed by atoms with Crippen LogP contribution in [0.1, 0.15) is 19.7 Å². The number of aromatic nitrogens is 4. The molecule has 22 heavy (non-hydrogen) atoms. The predicted molar refractivity (Wildman–Crippen MR) is 82.7 cm³/mol. The lowest BCUT2D eigenvalue weighted by molar-refractivity contribution is -0.929. The molecule has 1 aliphatic rings. The molecule has 3 heterocycles. The molecule has 4 rings (SSSR count). The lowest BCUT2D eigenvalue weighted by Gasteiger charge is -2.31. The van der Waals surface area contributed by atoms with E-state index in [4.69, 9.17) is 4.74 Å². The highest BCUT2D eigenvalue weighted by atomic mass is 16.5. The van der Waals surface area contributed by atoms with E-state index in [0.29, 0.717) is 0 Å². The zero-order chi connectivity index (χ0) is 15.1. The van der Waals surface area contributed by atoms with Crippen LogP contribution in [0.4, 0.5) is 0 Å². The van der Waals surface area contributed by atoms with Gasteiger partial charge in [0, 0.05) is 5.39 Å². The van der Waals surface area contributed by atoms with Gasteiger partial charge in [0.2, 0.25) is 0 Å². The summed E-state index contributed by atoms with van der Waals surface area (Å²) in [6.07, 6.45) is 2.41. The van der Waals surface area contributed by atoms with E-state index in [1.54, 1.807) is 0 Å². The van der Waals surface area contributed by atoms with Crippen LogP contribution in [0.2, 0.25) is 0 Å². The van der Waals surface area contributed by atoms with Crippen molar-refractivity contribution in [3.63, 3.8) is 0 Å². The highest BCUT2D eigenvalue weighted by Crippen LogP contribution is 2.16. The van der Waals surface area contributed by atoms with E-state index in [1.807, 2.05) is 35.0 Å². The Balaban J connectivity index is 1.69. The molecule has 1 saturated heterocycles. The molecule has 6 heteroatoms. The zero-order valence-corrected chi connectivity index (χ0v) is 12.9. The number of rotatable bonds is 2. The van der Waals surface area contributed by atoms with E-state index in [1.165, 1.54) is 4.90 Å². The topological polar surface area (TPSA) is 56.8 Å². The Morgan fingerprint density at radius 3 is 2.77 bits per heavy atom. The molecular weight excluding hydrogens is 278 g/mol. The molecule has 0 spiro atoms. The summed E-state index contributed by atoms with van der Waals surface area (Å²) in [5.41, 5.74) is 1.84. The zero-order valence-electron chi connectivity index (χ0n) is 12.9. The molecule has 1 fully saturated rings. The van der Waals surface area contributed by atoms with Gasteiger partial charge in [-0.15, -0.1) is 10.2 Å². The molecule has 2 atom stereocenters. The lowest BCUT2D eigenvalue weighted by atomic mass is 10.2. The molecule has 0 bridgehead atoms. The van der Waals surface area contributed by atoms with Crippen molar-refractivity contribution in [3.8, 4) is 0 Å². The van der Waals surface area contributed by atoms with Crippen LogP contribution in [0.3, 0.4) is 0 Å². The summed E-state index contributed by atoms with van der Waals surface area (Å²) in [6.45, 7) is 7.11. The van der Waals surface area contributed by atoms with Crippen LogP contribution in [-0.2, 0) is 11.3 Å². The van der Waals surface area contributed by atoms with Crippen molar-refractivity contribution in [2.24, 2.45) is 0 Å². The fraction of sp³-hybridized carbons (Fsp3) is 0.438. The van der Waals surface area contributed by atoms with Crippen molar-refractivity contribution in [1.82, 2.24) is 19.6 Å². The maximum Gasteiger partial charge on any atom is 0.193 e. The largest absolute Gasteiger partial charge is 0.364 e. The summed E-state index contributed by atoms with van der Waals surface area (Å²) in [6, 6.07) is 8.04. The second-order valence-corrected chi connectivity index (χ2v) is 6.16. The highest BCUT2D eigenvalue weighted by molar-refractivity contribution is 5.90. The van der Waals surface area contributed by atoms with Crippen molar-refractivity contribution in [3.05, 3.63) is 36.4 Å². The molecule has 0 aliphatic carbocycles.